The monoisotopic (exact) mass is 346 g/mol. The zero-order valence-corrected chi connectivity index (χ0v) is 15.7. The lowest BCUT2D eigenvalue weighted by Gasteiger charge is -2.32. The first-order valence-electron chi connectivity index (χ1n) is 8.99. The molecule has 1 unspecified atom stereocenters. The normalized spacial score (nSPS) is 21.8. The molecular weight excluding hydrogens is 318 g/mol. The Balaban J connectivity index is 1.74. The Labute approximate surface area is 148 Å². The van der Waals surface area contributed by atoms with Crippen LogP contribution in [-0.2, 0) is 4.79 Å². The molecule has 1 amide bonds. The highest BCUT2D eigenvalue weighted by molar-refractivity contribution is 7.18. The lowest BCUT2D eigenvalue weighted by Crippen LogP contribution is -3.14. The molecule has 0 saturated carbocycles. The predicted molar refractivity (Wildman–Crippen MR) is 99.4 cm³/mol. The molecule has 0 aliphatic carbocycles. The van der Waals surface area contributed by atoms with Gasteiger partial charge in [-0.25, -0.2) is 4.98 Å². The minimum Gasteiger partial charge on any atom is -0.346 e. The molecular formula is C19H28N3OS+. The minimum absolute atomic E-state index is 0.127. The smallest absolute Gasteiger partial charge is 0.275 e. The van der Waals surface area contributed by atoms with Crippen molar-refractivity contribution < 1.29 is 9.69 Å². The summed E-state index contributed by atoms with van der Waals surface area (Å²) in [4.78, 5) is 18.7. The summed E-state index contributed by atoms with van der Waals surface area (Å²) in [7, 11) is 0. The van der Waals surface area contributed by atoms with Gasteiger partial charge in [0, 0.05) is 12.0 Å². The van der Waals surface area contributed by atoms with Gasteiger partial charge >= 0.3 is 0 Å². The van der Waals surface area contributed by atoms with Crippen molar-refractivity contribution in [1.82, 2.24) is 10.3 Å². The summed E-state index contributed by atoms with van der Waals surface area (Å²) in [6.07, 6.45) is 4.49. The number of thiazole rings is 1. The second-order valence-electron chi connectivity index (χ2n) is 7.44. The van der Waals surface area contributed by atoms with E-state index in [0.717, 1.165) is 24.9 Å². The van der Waals surface area contributed by atoms with Gasteiger partial charge in [-0.1, -0.05) is 19.1 Å². The second-order valence-corrected chi connectivity index (χ2v) is 8.50. The second kappa shape index (κ2) is 7.19. The summed E-state index contributed by atoms with van der Waals surface area (Å²) >= 11 is 1.79. The van der Waals surface area contributed by atoms with E-state index in [1.165, 1.54) is 27.4 Å². The number of rotatable bonds is 5. The number of likely N-dealkylation sites (tertiary alicyclic amines) is 1. The van der Waals surface area contributed by atoms with Crippen LogP contribution in [0.2, 0.25) is 0 Å². The Morgan fingerprint density at radius 1 is 1.38 bits per heavy atom. The van der Waals surface area contributed by atoms with E-state index >= 15 is 0 Å². The molecule has 2 N–H and O–H groups in total. The van der Waals surface area contributed by atoms with E-state index in [1.54, 1.807) is 11.3 Å². The van der Waals surface area contributed by atoms with Crippen LogP contribution in [0.15, 0.2) is 24.3 Å². The van der Waals surface area contributed by atoms with Crippen LogP contribution >= 0.6 is 11.3 Å². The molecule has 0 spiro atoms. The number of aromatic nitrogens is 1. The molecule has 24 heavy (non-hydrogen) atoms. The average molecular weight is 347 g/mol. The van der Waals surface area contributed by atoms with Gasteiger partial charge < -0.3 is 10.2 Å². The number of carbonyl (C=O) groups excluding carboxylic acids is 1. The maximum absolute atomic E-state index is 12.5. The number of nitrogens with zero attached hydrogens (tertiary/aromatic N) is 1. The molecule has 4 nitrogen and oxygen atoms in total. The summed E-state index contributed by atoms with van der Waals surface area (Å²) < 4.78 is 1.24. The molecule has 1 fully saturated rings. The Morgan fingerprint density at radius 3 is 2.92 bits per heavy atom. The summed E-state index contributed by atoms with van der Waals surface area (Å²) in [6.45, 7) is 7.88. The van der Waals surface area contributed by atoms with Crippen molar-refractivity contribution in [2.45, 2.75) is 58.0 Å². The Bertz CT molecular complexity index is 676. The number of nitrogens with one attached hydrogen (secondary N) is 2. The number of hydrogen-bond donors (Lipinski definition) is 2. The number of piperidine rings is 1. The van der Waals surface area contributed by atoms with E-state index in [1.807, 2.05) is 6.07 Å². The molecule has 5 heteroatoms. The van der Waals surface area contributed by atoms with Crippen LogP contribution in [0.4, 0.5) is 0 Å². The van der Waals surface area contributed by atoms with Gasteiger partial charge in [-0.2, -0.15) is 0 Å². The SMILES string of the molecule is CCC(C)(C)NC(=O)C[NH+]1CCCC[C@H]1c1nc2ccccc2s1. The topological polar surface area (TPSA) is 46.4 Å². The lowest BCUT2D eigenvalue weighted by atomic mass is 10.0. The van der Waals surface area contributed by atoms with Gasteiger partial charge in [-0.15, -0.1) is 11.3 Å². The Kier molecular flexibility index (Phi) is 5.21. The quantitative estimate of drug-likeness (QED) is 0.874. The average Bonchev–Trinajstić information content (AvgIpc) is 2.98. The number of fused-ring (bicyclic) bond motifs is 1. The first kappa shape index (κ1) is 17.4. The van der Waals surface area contributed by atoms with Gasteiger partial charge in [0.15, 0.2) is 11.6 Å². The van der Waals surface area contributed by atoms with E-state index in [-0.39, 0.29) is 11.4 Å². The Hall–Kier alpha value is -1.46. The largest absolute Gasteiger partial charge is 0.346 e. The lowest BCUT2D eigenvalue weighted by molar-refractivity contribution is -0.929. The summed E-state index contributed by atoms with van der Waals surface area (Å²) in [5.74, 6) is 0.157. The van der Waals surface area contributed by atoms with Crippen molar-refractivity contribution in [3.05, 3.63) is 29.3 Å². The number of carbonyl (C=O) groups is 1. The van der Waals surface area contributed by atoms with Crippen LogP contribution in [0, 0.1) is 0 Å². The number of amides is 1. The van der Waals surface area contributed by atoms with Crippen molar-refractivity contribution in [2.75, 3.05) is 13.1 Å². The van der Waals surface area contributed by atoms with Crippen LogP contribution in [-0.4, -0.2) is 29.5 Å². The van der Waals surface area contributed by atoms with E-state index in [9.17, 15) is 4.79 Å². The highest BCUT2D eigenvalue weighted by Crippen LogP contribution is 2.28. The van der Waals surface area contributed by atoms with Gasteiger partial charge in [0.05, 0.1) is 16.8 Å². The van der Waals surface area contributed by atoms with Crippen LogP contribution in [0.5, 0.6) is 0 Å². The van der Waals surface area contributed by atoms with Crippen LogP contribution in [0.3, 0.4) is 0 Å². The molecule has 2 atom stereocenters. The fourth-order valence-electron chi connectivity index (χ4n) is 3.34. The number of benzene rings is 1. The van der Waals surface area contributed by atoms with Gasteiger partial charge in [0.25, 0.3) is 5.91 Å². The number of quaternary nitrogens is 1. The summed E-state index contributed by atoms with van der Waals surface area (Å²) in [5.41, 5.74) is 0.955. The molecule has 1 aliphatic rings. The van der Waals surface area contributed by atoms with Crippen molar-refractivity contribution in [1.29, 1.82) is 0 Å². The third kappa shape index (κ3) is 3.95. The Morgan fingerprint density at radius 2 is 2.17 bits per heavy atom. The van der Waals surface area contributed by atoms with Crippen molar-refractivity contribution in [2.24, 2.45) is 0 Å². The maximum Gasteiger partial charge on any atom is 0.275 e. The molecule has 2 aromatic rings. The van der Waals surface area contributed by atoms with Crippen molar-refractivity contribution in [3.63, 3.8) is 0 Å². The molecule has 0 radical (unpaired) electrons. The predicted octanol–water partition coefficient (Wildman–Crippen LogP) is 2.71. The van der Waals surface area contributed by atoms with Crippen LogP contribution in [0.25, 0.3) is 10.2 Å². The van der Waals surface area contributed by atoms with Crippen LogP contribution < -0.4 is 10.2 Å². The number of hydrogen-bond acceptors (Lipinski definition) is 3. The first-order valence-corrected chi connectivity index (χ1v) is 9.81. The number of para-hydroxylation sites is 1. The molecule has 3 rings (SSSR count). The maximum atomic E-state index is 12.5. The molecule has 1 aliphatic heterocycles. The van der Waals surface area contributed by atoms with Crippen molar-refractivity contribution in [3.8, 4) is 0 Å². The zero-order valence-electron chi connectivity index (χ0n) is 14.9. The molecule has 1 aromatic heterocycles. The van der Waals surface area contributed by atoms with Gasteiger partial charge in [-0.05, 0) is 45.2 Å². The van der Waals surface area contributed by atoms with Crippen LogP contribution in [0.1, 0.15) is 57.5 Å². The van der Waals surface area contributed by atoms with Gasteiger partial charge in [-0.3, -0.25) is 4.79 Å². The van der Waals surface area contributed by atoms with E-state index in [0.29, 0.717) is 12.6 Å². The molecule has 1 aromatic carbocycles. The fourth-order valence-corrected chi connectivity index (χ4v) is 4.50. The summed E-state index contributed by atoms with van der Waals surface area (Å²) in [5, 5.41) is 4.36. The van der Waals surface area contributed by atoms with Crippen molar-refractivity contribution >= 4 is 27.5 Å². The molecule has 130 valence electrons. The fraction of sp³-hybridized carbons (Fsp3) is 0.579. The third-order valence-electron chi connectivity index (χ3n) is 5.09. The molecule has 1 saturated heterocycles. The third-order valence-corrected chi connectivity index (χ3v) is 6.24. The zero-order chi connectivity index (χ0) is 17.2. The highest BCUT2D eigenvalue weighted by atomic mass is 32.1. The first-order chi connectivity index (χ1) is 11.5. The van der Waals surface area contributed by atoms with Gasteiger partial charge in [0.2, 0.25) is 0 Å². The minimum atomic E-state index is -0.127. The summed E-state index contributed by atoms with van der Waals surface area (Å²) in [6, 6.07) is 8.67. The van der Waals surface area contributed by atoms with E-state index in [2.05, 4.69) is 44.3 Å². The highest BCUT2D eigenvalue weighted by Gasteiger charge is 2.32. The van der Waals surface area contributed by atoms with E-state index in [4.69, 9.17) is 4.98 Å². The molecule has 0 bridgehead atoms. The molecule has 2 heterocycles. The van der Waals surface area contributed by atoms with Gasteiger partial charge in [0.1, 0.15) is 6.04 Å². The standard InChI is InChI=1S/C19H27N3OS/c1-4-19(2,3)21-17(23)13-22-12-8-7-10-15(22)18-20-14-9-5-6-11-16(14)24-18/h5-6,9,11,15H,4,7-8,10,12-13H2,1-3H3,(H,21,23)/p+1/t15-/m0/s1. The van der Waals surface area contributed by atoms with E-state index < -0.39 is 0 Å².